The van der Waals surface area contributed by atoms with Crippen molar-refractivity contribution in [3.05, 3.63) is 29.3 Å². The van der Waals surface area contributed by atoms with Gasteiger partial charge in [0.15, 0.2) is 16.6 Å². The first-order chi connectivity index (χ1) is 16.1. The molecule has 9 heteroatoms. The van der Waals surface area contributed by atoms with E-state index in [1.54, 1.807) is 0 Å². The molecule has 0 amide bonds. The molecule has 0 aliphatic carbocycles. The van der Waals surface area contributed by atoms with Crippen LogP contribution in [0.2, 0.25) is 54.4 Å². The Morgan fingerprint density at radius 3 is 1.57 bits per heavy atom. The van der Waals surface area contributed by atoms with E-state index in [-0.39, 0.29) is 15.1 Å². The quantitative estimate of drug-likeness (QED) is 0.201. The molecule has 0 saturated carbocycles. The zero-order chi connectivity index (χ0) is 29.5. The molecule has 0 spiro atoms. The fraction of sp³-hybridized carbons (Fsp3) is 0.786. The van der Waals surface area contributed by atoms with Crippen LogP contribution in [-0.4, -0.2) is 35.4 Å². The van der Waals surface area contributed by atoms with Crippen LogP contribution in [0.3, 0.4) is 0 Å². The molecule has 0 aliphatic rings. The van der Waals surface area contributed by atoms with Crippen LogP contribution in [-0.2, 0) is 15.3 Å². The maximum absolute atomic E-state index is 7.01. The number of hydrogen-bond donors (Lipinski definition) is 0. The minimum absolute atomic E-state index is 0.00475. The fourth-order valence-electron chi connectivity index (χ4n) is 2.95. The molecule has 0 aliphatic heterocycles. The average Bonchev–Trinajstić information content (AvgIpc) is 2.63. The van der Waals surface area contributed by atoms with Crippen molar-refractivity contribution in [2.45, 2.75) is 133 Å². The minimum atomic E-state index is -2.28. The average molecular weight is 628 g/mol. The van der Waals surface area contributed by atoms with Crippen molar-refractivity contribution in [3.63, 3.8) is 0 Å². The van der Waals surface area contributed by atoms with E-state index in [0.717, 1.165) is 23.3 Å². The highest BCUT2D eigenvalue weighted by Crippen LogP contribution is 2.51. The van der Waals surface area contributed by atoms with Crippen LogP contribution in [0.4, 0.5) is 0 Å². The summed E-state index contributed by atoms with van der Waals surface area (Å²) in [6.07, 6.45) is -0.0313. The van der Waals surface area contributed by atoms with Gasteiger partial charge in [0.2, 0.25) is 3.79 Å². The number of hydrogen-bond acceptors (Lipinski definition) is 3. The molecule has 1 unspecified atom stereocenters. The SMILES string of the molecule is CC(C)(C)[Si](C)(C)OCCc1cccc(C(O[Si](C)(C)C(C)(C)C)C(Cl)(Cl)Cl)c1O[Si](C)(C)C(C)(C)C. The Kier molecular flexibility index (Phi) is 11.3. The summed E-state index contributed by atoms with van der Waals surface area (Å²) in [6.45, 7) is 34.1. The number of benzene rings is 1. The number of rotatable bonds is 9. The van der Waals surface area contributed by atoms with E-state index in [4.69, 9.17) is 48.1 Å². The molecule has 0 aromatic heterocycles. The van der Waals surface area contributed by atoms with Crippen LogP contribution in [0.25, 0.3) is 0 Å². The predicted octanol–water partition coefficient (Wildman–Crippen LogP) is 11.1. The van der Waals surface area contributed by atoms with Crippen LogP contribution < -0.4 is 4.43 Å². The summed E-state index contributed by atoms with van der Waals surface area (Å²) in [4.78, 5) is 0. The Bertz CT molecular complexity index is 906. The molecule has 1 rings (SSSR count). The Labute approximate surface area is 246 Å². The van der Waals surface area contributed by atoms with Crippen molar-refractivity contribution < 1.29 is 13.3 Å². The Morgan fingerprint density at radius 1 is 0.703 bits per heavy atom. The maximum Gasteiger partial charge on any atom is 0.250 e. The van der Waals surface area contributed by atoms with Gasteiger partial charge in [0.1, 0.15) is 11.9 Å². The lowest BCUT2D eigenvalue weighted by atomic mass is 10.0. The third-order valence-electron chi connectivity index (χ3n) is 8.73. The maximum atomic E-state index is 7.01. The third-order valence-corrected chi connectivity index (χ3v) is 22.6. The van der Waals surface area contributed by atoms with Crippen molar-refractivity contribution >= 4 is 59.8 Å². The van der Waals surface area contributed by atoms with Crippen LogP contribution in [0.15, 0.2) is 18.2 Å². The van der Waals surface area contributed by atoms with Gasteiger partial charge in [-0.15, -0.1) is 0 Å². The van der Waals surface area contributed by atoms with E-state index in [2.05, 4.69) is 108 Å². The molecule has 0 saturated heterocycles. The molecule has 216 valence electrons. The Balaban J connectivity index is 3.67. The van der Waals surface area contributed by atoms with E-state index in [1.807, 2.05) is 12.1 Å². The second-order valence-electron chi connectivity index (χ2n) is 14.9. The topological polar surface area (TPSA) is 27.7 Å². The van der Waals surface area contributed by atoms with Gasteiger partial charge in [0.25, 0.3) is 8.32 Å². The second kappa shape index (κ2) is 11.8. The molecule has 1 atom stereocenters. The van der Waals surface area contributed by atoms with Gasteiger partial charge in [0, 0.05) is 12.2 Å². The highest BCUT2D eigenvalue weighted by molar-refractivity contribution is 6.75. The van der Waals surface area contributed by atoms with Crippen molar-refractivity contribution in [1.29, 1.82) is 0 Å². The first-order valence-electron chi connectivity index (χ1n) is 13.3. The summed E-state index contributed by atoms with van der Waals surface area (Å²) < 4.78 is 18.7. The number of para-hydroxylation sites is 1. The van der Waals surface area contributed by atoms with Gasteiger partial charge in [-0.2, -0.15) is 0 Å². The normalized spacial score (nSPS) is 15.6. The molecule has 0 bridgehead atoms. The van der Waals surface area contributed by atoms with E-state index >= 15 is 0 Å². The zero-order valence-electron chi connectivity index (χ0n) is 26.1. The van der Waals surface area contributed by atoms with Gasteiger partial charge in [-0.3, -0.25) is 0 Å². The Hall–Kier alpha value is 0.461. The lowest BCUT2D eigenvalue weighted by Gasteiger charge is -2.43. The van der Waals surface area contributed by atoms with Crippen LogP contribution >= 0.6 is 34.8 Å². The molecule has 37 heavy (non-hydrogen) atoms. The minimum Gasteiger partial charge on any atom is -0.543 e. The highest BCUT2D eigenvalue weighted by Gasteiger charge is 2.47. The van der Waals surface area contributed by atoms with Gasteiger partial charge in [-0.25, -0.2) is 0 Å². The van der Waals surface area contributed by atoms with Gasteiger partial charge in [-0.05, 0) is 66.4 Å². The van der Waals surface area contributed by atoms with Gasteiger partial charge in [-0.1, -0.05) is 115 Å². The van der Waals surface area contributed by atoms with Crippen molar-refractivity contribution in [2.75, 3.05) is 6.61 Å². The smallest absolute Gasteiger partial charge is 0.250 e. The summed E-state index contributed by atoms with van der Waals surface area (Å²) in [7, 11) is -6.39. The van der Waals surface area contributed by atoms with Crippen molar-refractivity contribution in [2.24, 2.45) is 0 Å². The molecule has 1 aromatic carbocycles. The third kappa shape index (κ3) is 9.24. The summed E-state index contributed by atoms with van der Waals surface area (Å²) in [5.74, 6) is 0.794. The van der Waals surface area contributed by atoms with Gasteiger partial charge >= 0.3 is 0 Å². The lowest BCUT2D eigenvalue weighted by molar-refractivity contribution is 0.184. The highest BCUT2D eigenvalue weighted by atomic mass is 35.6. The van der Waals surface area contributed by atoms with Gasteiger partial charge < -0.3 is 13.3 Å². The summed E-state index contributed by atoms with van der Waals surface area (Å²) in [5, 5.41) is 0.105. The summed E-state index contributed by atoms with van der Waals surface area (Å²) >= 11 is 20.0. The van der Waals surface area contributed by atoms with E-state index < -0.39 is 34.8 Å². The summed E-state index contributed by atoms with van der Waals surface area (Å²) in [5.41, 5.74) is 1.87. The molecular formula is C28H53Cl3O3Si3. The monoisotopic (exact) mass is 626 g/mol. The molecular weight excluding hydrogens is 575 g/mol. The largest absolute Gasteiger partial charge is 0.543 e. The number of alkyl halides is 3. The number of halogens is 3. The van der Waals surface area contributed by atoms with Crippen molar-refractivity contribution in [1.82, 2.24) is 0 Å². The van der Waals surface area contributed by atoms with E-state index in [1.165, 1.54) is 0 Å². The second-order valence-corrected chi connectivity index (χ2v) is 31.5. The van der Waals surface area contributed by atoms with Crippen LogP contribution in [0.5, 0.6) is 5.75 Å². The molecule has 0 radical (unpaired) electrons. The molecule has 1 aromatic rings. The Morgan fingerprint density at radius 2 is 1.16 bits per heavy atom. The van der Waals surface area contributed by atoms with E-state index in [0.29, 0.717) is 6.61 Å². The standard InChI is InChI=1S/C28H53Cl3O3Si3/c1-25(2,3)35(10,11)32-20-19-21-17-16-18-22(23(21)33-36(12,13)26(4,5)6)24(28(29,30)31)34-37(14,15)27(7,8)9/h16-18,24H,19-20H2,1-15H3. The molecule has 3 nitrogen and oxygen atoms in total. The first kappa shape index (κ1) is 35.5. The lowest BCUT2D eigenvalue weighted by Crippen LogP contribution is -2.46. The molecule has 0 fully saturated rings. The van der Waals surface area contributed by atoms with Gasteiger partial charge in [0.05, 0.1) is 0 Å². The molecule has 0 N–H and O–H groups in total. The van der Waals surface area contributed by atoms with Crippen LogP contribution in [0, 0.1) is 0 Å². The fourth-order valence-corrected chi connectivity index (χ4v) is 7.02. The zero-order valence-corrected chi connectivity index (χ0v) is 31.4. The predicted molar refractivity (Wildman–Crippen MR) is 172 cm³/mol. The van der Waals surface area contributed by atoms with E-state index in [9.17, 15) is 0 Å². The van der Waals surface area contributed by atoms with Crippen LogP contribution in [0.1, 0.15) is 79.5 Å². The summed E-state index contributed by atoms with van der Waals surface area (Å²) in [6, 6.07) is 6.14. The van der Waals surface area contributed by atoms with Crippen molar-refractivity contribution in [3.8, 4) is 5.75 Å². The molecule has 0 heterocycles. The first-order valence-corrected chi connectivity index (χ1v) is 23.2.